The Labute approximate surface area is 161 Å². The number of pyridine rings is 1. The molecule has 2 bridgehead atoms. The van der Waals surface area contributed by atoms with Crippen LogP contribution in [-0.4, -0.2) is 53.7 Å². The fourth-order valence-corrected chi connectivity index (χ4v) is 4.68. The molecule has 3 heterocycles. The number of rotatable bonds is 4. The van der Waals surface area contributed by atoms with E-state index in [-0.39, 0.29) is 5.56 Å². The zero-order valence-electron chi connectivity index (χ0n) is 17.0. The molecule has 4 rings (SSSR count). The molecule has 0 N–H and O–H groups in total. The summed E-state index contributed by atoms with van der Waals surface area (Å²) in [5.41, 5.74) is 5.21. The molecule has 2 aromatic rings. The van der Waals surface area contributed by atoms with Crippen LogP contribution in [0.2, 0.25) is 0 Å². The van der Waals surface area contributed by atoms with Gasteiger partial charge in [-0.2, -0.15) is 0 Å². The Morgan fingerprint density at radius 2 is 1.89 bits per heavy atom. The second kappa shape index (κ2) is 6.80. The Morgan fingerprint density at radius 1 is 1.11 bits per heavy atom. The molecule has 0 saturated carbocycles. The van der Waals surface area contributed by atoms with Crippen molar-refractivity contribution in [2.24, 2.45) is 7.05 Å². The molecule has 144 valence electrons. The average molecular weight is 367 g/mol. The maximum absolute atomic E-state index is 12.2. The molecule has 1 aromatic carbocycles. The molecule has 0 spiro atoms. The topological polar surface area (TPSA) is 37.7 Å². The largest absolute Gasteiger partial charge is 0.496 e. The van der Waals surface area contributed by atoms with Crippen molar-refractivity contribution in [2.45, 2.75) is 38.9 Å². The van der Waals surface area contributed by atoms with Crippen molar-refractivity contribution >= 4 is 0 Å². The first-order valence-corrected chi connectivity index (χ1v) is 9.68. The zero-order chi connectivity index (χ0) is 19.3. The van der Waals surface area contributed by atoms with Crippen molar-refractivity contribution < 1.29 is 4.74 Å². The minimum absolute atomic E-state index is 0.0638. The van der Waals surface area contributed by atoms with Crippen LogP contribution in [0.5, 0.6) is 5.75 Å². The van der Waals surface area contributed by atoms with Crippen LogP contribution >= 0.6 is 0 Å². The summed E-state index contributed by atoms with van der Waals surface area (Å²) in [6.45, 7) is 7.11. The number of piperazine rings is 1. The monoisotopic (exact) mass is 367 g/mol. The van der Waals surface area contributed by atoms with Gasteiger partial charge in [-0.15, -0.1) is 0 Å². The lowest BCUT2D eigenvalue weighted by molar-refractivity contribution is 0.142. The quantitative estimate of drug-likeness (QED) is 0.832. The average Bonchev–Trinajstić information content (AvgIpc) is 3.22. The first kappa shape index (κ1) is 18.3. The van der Waals surface area contributed by atoms with Gasteiger partial charge < -0.3 is 14.2 Å². The van der Waals surface area contributed by atoms with E-state index in [0.717, 1.165) is 41.2 Å². The molecule has 5 nitrogen and oxygen atoms in total. The Bertz CT molecular complexity index is 932. The first-order chi connectivity index (χ1) is 12.9. The van der Waals surface area contributed by atoms with Gasteiger partial charge in [0.15, 0.2) is 0 Å². The van der Waals surface area contributed by atoms with Crippen molar-refractivity contribution in [1.82, 2.24) is 14.4 Å². The highest BCUT2D eigenvalue weighted by Crippen LogP contribution is 2.34. The number of hydrogen-bond donors (Lipinski definition) is 0. The van der Waals surface area contributed by atoms with E-state index >= 15 is 0 Å². The van der Waals surface area contributed by atoms with Crippen molar-refractivity contribution in [3.63, 3.8) is 0 Å². The predicted octanol–water partition coefficient (Wildman–Crippen LogP) is 2.57. The lowest BCUT2D eigenvalue weighted by Gasteiger charge is -2.32. The highest BCUT2D eigenvalue weighted by Gasteiger charge is 2.41. The van der Waals surface area contributed by atoms with E-state index in [9.17, 15) is 4.79 Å². The van der Waals surface area contributed by atoms with E-state index in [1.165, 1.54) is 18.5 Å². The summed E-state index contributed by atoms with van der Waals surface area (Å²) in [6, 6.07) is 9.81. The van der Waals surface area contributed by atoms with E-state index in [1.54, 1.807) is 11.7 Å². The van der Waals surface area contributed by atoms with Crippen molar-refractivity contribution in [3.8, 4) is 16.9 Å². The van der Waals surface area contributed by atoms with Crippen LogP contribution in [0, 0.1) is 13.8 Å². The Morgan fingerprint density at radius 3 is 2.52 bits per heavy atom. The Balaban J connectivity index is 1.64. The molecule has 0 amide bonds. The smallest absolute Gasteiger partial charge is 0.253 e. The molecule has 2 atom stereocenters. The Kier molecular flexibility index (Phi) is 4.60. The number of nitrogens with zero attached hydrogens (tertiary/aromatic N) is 3. The summed E-state index contributed by atoms with van der Waals surface area (Å²) in [4.78, 5) is 17.2. The standard InChI is InChI=1S/C22H29N3O2/c1-14-8-20(15(2)24(4)22(14)26)16-6-7-17(21(9-16)27-5)11-25-13-18-10-19(25)12-23(18)3/h6-9,18-19H,10-13H2,1-5H3/t18-,19-/m0/s1. The molecule has 5 heteroatoms. The summed E-state index contributed by atoms with van der Waals surface area (Å²) in [6.07, 6.45) is 1.29. The van der Waals surface area contributed by atoms with Gasteiger partial charge in [0.2, 0.25) is 0 Å². The lowest BCUT2D eigenvalue weighted by Crippen LogP contribution is -2.43. The number of hydrogen-bond acceptors (Lipinski definition) is 4. The van der Waals surface area contributed by atoms with Crippen LogP contribution < -0.4 is 10.3 Å². The van der Waals surface area contributed by atoms with E-state index in [2.05, 4.69) is 35.0 Å². The van der Waals surface area contributed by atoms with Gasteiger partial charge in [-0.3, -0.25) is 9.69 Å². The maximum atomic E-state index is 12.2. The van der Waals surface area contributed by atoms with Gasteiger partial charge in [-0.05, 0) is 45.0 Å². The molecule has 2 fully saturated rings. The van der Waals surface area contributed by atoms with E-state index in [0.29, 0.717) is 12.1 Å². The summed E-state index contributed by atoms with van der Waals surface area (Å²) in [5.74, 6) is 0.925. The van der Waals surface area contributed by atoms with Crippen LogP contribution in [0.25, 0.3) is 11.1 Å². The van der Waals surface area contributed by atoms with Gasteiger partial charge in [0.25, 0.3) is 5.56 Å². The number of likely N-dealkylation sites (tertiary alicyclic amines) is 2. The third-order valence-electron chi connectivity index (χ3n) is 6.50. The number of fused-ring (bicyclic) bond motifs is 2. The van der Waals surface area contributed by atoms with Crippen LogP contribution in [0.1, 0.15) is 23.2 Å². The Hall–Kier alpha value is -2.11. The number of ether oxygens (including phenoxy) is 1. The zero-order valence-corrected chi connectivity index (χ0v) is 17.0. The predicted molar refractivity (Wildman–Crippen MR) is 108 cm³/mol. The first-order valence-electron chi connectivity index (χ1n) is 9.68. The van der Waals surface area contributed by atoms with Crippen LogP contribution in [-0.2, 0) is 13.6 Å². The molecular weight excluding hydrogens is 338 g/mol. The van der Waals surface area contributed by atoms with Crippen LogP contribution in [0.15, 0.2) is 29.1 Å². The third kappa shape index (κ3) is 3.09. The van der Waals surface area contributed by atoms with Crippen molar-refractivity contribution in [1.29, 1.82) is 0 Å². The summed E-state index contributed by atoms with van der Waals surface area (Å²) < 4.78 is 7.46. The lowest BCUT2D eigenvalue weighted by atomic mass is 10.00. The number of methoxy groups -OCH3 is 1. The summed E-state index contributed by atoms with van der Waals surface area (Å²) in [7, 11) is 5.81. The third-order valence-corrected chi connectivity index (χ3v) is 6.50. The van der Waals surface area contributed by atoms with Crippen molar-refractivity contribution in [3.05, 3.63) is 51.4 Å². The summed E-state index contributed by atoms with van der Waals surface area (Å²) >= 11 is 0. The molecular formula is C22H29N3O2. The SMILES string of the molecule is COc1cc(-c2cc(C)c(=O)n(C)c2C)ccc1CN1C[C@@H]2C[C@H]1CN2C. The molecule has 0 unspecified atom stereocenters. The van der Waals surface area contributed by atoms with Gasteiger partial charge in [0.05, 0.1) is 7.11 Å². The molecule has 2 saturated heterocycles. The van der Waals surface area contributed by atoms with Gasteiger partial charge in [0.1, 0.15) is 5.75 Å². The molecule has 0 aliphatic carbocycles. The normalized spacial score (nSPS) is 22.6. The minimum atomic E-state index is 0.0638. The molecule has 2 aliphatic rings. The van der Waals surface area contributed by atoms with E-state index < -0.39 is 0 Å². The fourth-order valence-electron chi connectivity index (χ4n) is 4.68. The van der Waals surface area contributed by atoms with Crippen molar-refractivity contribution in [2.75, 3.05) is 27.2 Å². The maximum Gasteiger partial charge on any atom is 0.253 e. The minimum Gasteiger partial charge on any atom is -0.496 e. The molecule has 2 aliphatic heterocycles. The second-order valence-electron chi connectivity index (χ2n) is 8.13. The highest BCUT2D eigenvalue weighted by molar-refractivity contribution is 5.69. The van der Waals surface area contributed by atoms with E-state index in [1.807, 2.05) is 27.0 Å². The summed E-state index contributed by atoms with van der Waals surface area (Å²) in [5, 5.41) is 0. The number of likely N-dealkylation sites (N-methyl/N-ethyl adjacent to an activating group) is 1. The van der Waals surface area contributed by atoms with Gasteiger partial charge >= 0.3 is 0 Å². The van der Waals surface area contributed by atoms with Gasteiger partial charge in [-0.1, -0.05) is 12.1 Å². The molecule has 0 radical (unpaired) electrons. The highest BCUT2D eigenvalue weighted by atomic mass is 16.5. The molecule has 1 aromatic heterocycles. The number of aromatic nitrogens is 1. The van der Waals surface area contributed by atoms with Gasteiger partial charge in [-0.25, -0.2) is 0 Å². The van der Waals surface area contributed by atoms with Gasteiger partial charge in [0, 0.05) is 61.1 Å². The number of benzene rings is 1. The second-order valence-corrected chi connectivity index (χ2v) is 8.13. The van der Waals surface area contributed by atoms with Crippen LogP contribution in [0.3, 0.4) is 0 Å². The van der Waals surface area contributed by atoms with Crippen LogP contribution in [0.4, 0.5) is 0 Å². The number of aryl methyl sites for hydroxylation is 1. The van der Waals surface area contributed by atoms with E-state index in [4.69, 9.17) is 4.74 Å². The molecule has 27 heavy (non-hydrogen) atoms. The fraction of sp³-hybridized carbons (Fsp3) is 0.500.